The first-order valence-corrected chi connectivity index (χ1v) is 4.64. The fraction of sp³-hybridized carbons (Fsp3) is 0.100. The molecule has 0 aliphatic rings. The van der Waals surface area contributed by atoms with Crippen LogP contribution in [0.5, 0.6) is 11.5 Å². The zero-order valence-corrected chi connectivity index (χ0v) is 8.29. The molecule has 0 spiro atoms. The highest BCUT2D eigenvalue weighted by atomic mass is 16.3. The van der Waals surface area contributed by atoms with Gasteiger partial charge in [0.2, 0.25) is 5.71 Å². The third kappa shape index (κ3) is 0.881. The van der Waals surface area contributed by atoms with Crippen LogP contribution in [-0.4, -0.2) is 20.4 Å². The van der Waals surface area contributed by atoms with Gasteiger partial charge < -0.3 is 14.6 Å². The van der Waals surface area contributed by atoms with Crippen molar-refractivity contribution >= 4 is 22.1 Å². The Morgan fingerprint density at radius 1 is 1.31 bits per heavy atom. The maximum atomic E-state index is 11.5. The van der Waals surface area contributed by atoms with Gasteiger partial charge in [-0.2, -0.15) is 0 Å². The monoisotopic (exact) mass is 220 g/mol. The molecule has 0 fully saturated rings. The number of nitrogens with one attached hydrogen (secondary N) is 2. The molecule has 0 aliphatic carbocycles. The number of H-pyrrole nitrogens is 2. The number of aryl methyl sites for hydroxylation is 1. The van der Waals surface area contributed by atoms with Crippen molar-refractivity contribution in [2.24, 2.45) is 0 Å². The molecule has 2 aromatic heterocycles. The zero-order chi connectivity index (χ0) is 11.4. The van der Waals surface area contributed by atoms with Crippen LogP contribution in [-0.2, 0) is 0 Å². The smallest absolute Gasteiger partial charge is 0.275 e. The van der Waals surface area contributed by atoms with Crippen LogP contribution in [0.3, 0.4) is 0 Å². The van der Waals surface area contributed by atoms with Crippen LogP contribution in [0.1, 0.15) is 5.56 Å². The minimum Gasteiger partial charge on any atom is -0.504 e. The molecule has 0 saturated heterocycles. The summed E-state index contributed by atoms with van der Waals surface area (Å²) >= 11 is 0. The van der Waals surface area contributed by atoms with Gasteiger partial charge in [0.1, 0.15) is 11.0 Å². The predicted molar refractivity (Wildman–Crippen MR) is 56.8 cm³/mol. The van der Waals surface area contributed by atoms with Crippen LogP contribution in [0, 0.1) is 6.92 Å². The van der Waals surface area contributed by atoms with Crippen LogP contribution < -0.4 is 5.56 Å². The van der Waals surface area contributed by atoms with Gasteiger partial charge in [-0.15, -0.1) is 0 Å². The number of benzene rings is 1. The summed E-state index contributed by atoms with van der Waals surface area (Å²) in [6, 6.07) is 1.31. The number of hydrogen-bond acceptors (Lipinski definition) is 4. The van der Waals surface area contributed by atoms with E-state index in [1.165, 1.54) is 6.07 Å². The van der Waals surface area contributed by atoms with Gasteiger partial charge >= 0.3 is 0 Å². The number of hydrogen-bond donors (Lipinski definition) is 4. The molecule has 3 rings (SSSR count). The number of fused-ring (bicyclic) bond motifs is 3. The van der Waals surface area contributed by atoms with E-state index in [9.17, 15) is 15.0 Å². The summed E-state index contributed by atoms with van der Waals surface area (Å²) in [6.45, 7) is 1.61. The Bertz CT molecular complexity index is 762. The van der Waals surface area contributed by atoms with Gasteiger partial charge in [-0.3, -0.25) is 15.0 Å². The van der Waals surface area contributed by atoms with E-state index in [-0.39, 0.29) is 17.1 Å². The summed E-state index contributed by atoms with van der Waals surface area (Å²) in [5.41, 5.74) is 0.771. The fourth-order valence-electron chi connectivity index (χ4n) is 1.85. The van der Waals surface area contributed by atoms with E-state index in [0.29, 0.717) is 27.6 Å². The quantitative estimate of drug-likeness (QED) is 0.429. The van der Waals surface area contributed by atoms with Gasteiger partial charge in [-0.25, -0.2) is 0 Å². The second kappa shape index (κ2) is 2.60. The van der Waals surface area contributed by atoms with Gasteiger partial charge in [-0.05, 0) is 13.0 Å². The first-order valence-electron chi connectivity index (χ1n) is 4.64. The van der Waals surface area contributed by atoms with Crippen LogP contribution >= 0.6 is 0 Å². The Morgan fingerprint density at radius 3 is 2.81 bits per heavy atom. The molecule has 0 radical (unpaired) electrons. The molecule has 0 amide bonds. The molecule has 6 nitrogen and oxygen atoms in total. The van der Waals surface area contributed by atoms with E-state index in [1.807, 2.05) is 0 Å². The molecule has 0 saturated carbocycles. The molecular formula is C10H8N2O4. The number of phenols is 2. The van der Waals surface area contributed by atoms with Gasteiger partial charge in [0, 0.05) is 10.9 Å². The summed E-state index contributed by atoms with van der Waals surface area (Å²) in [7, 11) is 0. The summed E-state index contributed by atoms with van der Waals surface area (Å²) in [6.07, 6.45) is 0. The number of rotatable bonds is 0. The molecule has 6 heteroatoms. The Balaban J connectivity index is 2.67. The Hall–Kier alpha value is -2.37. The second-order valence-corrected chi connectivity index (χ2v) is 3.63. The van der Waals surface area contributed by atoms with Crippen molar-refractivity contribution in [3.63, 3.8) is 0 Å². The molecule has 1 aromatic carbocycles. The first kappa shape index (κ1) is 8.90. The number of furan rings is 1. The lowest BCUT2D eigenvalue weighted by Crippen LogP contribution is -1.97. The molecule has 82 valence electrons. The van der Waals surface area contributed by atoms with Crippen LogP contribution in [0.15, 0.2) is 15.3 Å². The molecule has 2 heterocycles. The first-order chi connectivity index (χ1) is 7.59. The average Bonchev–Trinajstić information content (AvgIpc) is 2.77. The molecule has 16 heavy (non-hydrogen) atoms. The van der Waals surface area contributed by atoms with Gasteiger partial charge in [0.15, 0.2) is 11.5 Å². The SMILES string of the molecule is Cc1c(O)c(O)cc2c1oc1[nH][nH]c(=O)c12. The zero-order valence-electron chi connectivity index (χ0n) is 8.29. The second-order valence-electron chi connectivity index (χ2n) is 3.63. The maximum Gasteiger partial charge on any atom is 0.275 e. The molecule has 0 aliphatic heterocycles. The molecule has 4 N–H and O–H groups in total. The van der Waals surface area contributed by atoms with E-state index in [1.54, 1.807) is 6.92 Å². The van der Waals surface area contributed by atoms with Crippen molar-refractivity contribution in [2.45, 2.75) is 6.92 Å². The van der Waals surface area contributed by atoms with E-state index in [4.69, 9.17) is 4.42 Å². The van der Waals surface area contributed by atoms with Crippen molar-refractivity contribution in [3.05, 3.63) is 22.0 Å². The van der Waals surface area contributed by atoms with Crippen molar-refractivity contribution < 1.29 is 14.6 Å². The molecule has 0 bridgehead atoms. The number of phenolic OH excluding ortho intramolecular Hbond substituents is 2. The lowest BCUT2D eigenvalue weighted by Gasteiger charge is -2.01. The van der Waals surface area contributed by atoms with Crippen molar-refractivity contribution in [2.75, 3.05) is 0 Å². The van der Waals surface area contributed by atoms with Gasteiger partial charge in [0.25, 0.3) is 5.56 Å². The highest BCUT2D eigenvalue weighted by Crippen LogP contribution is 2.38. The maximum absolute atomic E-state index is 11.5. The largest absolute Gasteiger partial charge is 0.504 e. The molecule has 0 unspecified atom stereocenters. The third-order valence-electron chi connectivity index (χ3n) is 2.68. The normalized spacial score (nSPS) is 11.6. The third-order valence-corrected chi connectivity index (χ3v) is 2.68. The molecule has 0 atom stereocenters. The summed E-state index contributed by atoms with van der Waals surface area (Å²) in [4.78, 5) is 11.5. The topological polar surface area (TPSA) is 102 Å². The van der Waals surface area contributed by atoms with E-state index < -0.39 is 0 Å². The van der Waals surface area contributed by atoms with Crippen molar-refractivity contribution in [1.29, 1.82) is 0 Å². The van der Waals surface area contributed by atoms with E-state index in [0.717, 1.165) is 0 Å². The fourth-order valence-corrected chi connectivity index (χ4v) is 1.85. The van der Waals surface area contributed by atoms with Crippen LogP contribution in [0.25, 0.3) is 22.1 Å². The van der Waals surface area contributed by atoms with Gasteiger partial charge in [0.05, 0.1) is 0 Å². The Kier molecular flexibility index (Phi) is 1.45. The number of aromatic nitrogens is 2. The predicted octanol–water partition coefficient (Wildman–Crippen LogP) is 1.32. The lowest BCUT2D eigenvalue weighted by molar-refractivity contribution is 0.401. The minimum atomic E-state index is -0.321. The summed E-state index contributed by atoms with van der Waals surface area (Å²) in [5.74, 6) is -0.506. The highest BCUT2D eigenvalue weighted by Gasteiger charge is 2.18. The number of aromatic hydroxyl groups is 2. The average molecular weight is 220 g/mol. The Labute approximate surface area is 88.1 Å². The van der Waals surface area contributed by atoms with E-state index in [2.05, 4.69) is 10.2 Å². The molecule has 3 aromatic rings. The summed E-state index contributed by atoms with van der Waals surface area (Å²) in [5, 5.41) is 24.8. The molecular weight excluding hydrogens is 212 g/mol. The lowest BCUT2D eigenvalue weighted by atomic mass is 10.1. The minimum absolute atomic E-state index is 0.236. The standard InChI is InChI=1S/C10H8N2O4/c1-3-7(14)5(13)2-4-6-9(15)11-12-10(6)16-8(3)4/h2,13-14H,1H3,(H2,11,12,15). The van der Waals surface area contributed by atoms with Gasteiger partial charge in [-0.1, -0.05) is 0 Å². The highest BCUT2D eigenvalue weighted by molar-refractivity contribution is 6.05. The van der Waals surface area contributed by atoms with Crippen LogP contribution in [0.4, 0.5) is 0 Å². The number of aromatic amines is 2. The van der Waals surface area contributed by atoms with Crippen molar-refractivity contribution in [1.82, 2.24) is 10.2 Å². The summed E-state index contributed by atoms with van der Waals surface area (Å²) < 4.78 is 5.38. The van der Waals surface area contributed by atoms with Crippen molar-refractivity contribution in [3.8, 4) is 11.5 Å². The van der Waals surface area contributed by atoms with E-state index >= 15 is 0 Å². The van der Waals surface area contributed by atoms with Crippen LogP contribution in [0.2, 0.25) is 0 Å². The Morgan fingerprint density at radius 2 is 2.06 bits per heavy atom.